The fourth-order valence-electron chi connectivity index (χ4n) is 4.64. The molecule has 0 spiro atoms. The van der Waals surface area contributed by atoms with Gasteiger partial charge < -0.3 is 23.7 Å². The minimum atomic E-state index is -0.0993. The molecule has 202 valence electrons. The van der Waals surface area contributed by atoms with Crippen LogP contribution >= 0.6 is 0 Å². The van der Waals surface area contributed by atoms with Crippen LogP contribution in [0, 0.1) is 0 Å². The van der Waals surface area contributed by atoms with Crippen LogP contribution in [0.2, 0.25) is 0 Å². The van der Waals surface area contributed by atoms with Gasteiger partial charge in [0.15, 0.2) is 0 Å². The van der Waals surface area contributed by atoms with Gasteiger partial charge in [0.2, 0.25) is 11.8 Å². The summed E-state index contributed by atoms with van der Waals surface area (Å²) in [4.78, 5) is 14.5. The van der Waals surface area contributed by atoms with E-state index in [-0.39, 0.29) is 18.7 Å². The number of rotatable bonds is 9. The van der Waals surface area contributed by atoms with Crippen LogP contribution in [-0.2, 0) is 16.1 Å². The van der Waals surface area contributed by atoms with E-state index in [0.717, 1.165) is 16.7 Å². The van der Waals surface area contributed by atoms with Crippen molar-refractivity contribution < 1.29 is 23.7 Å². The number of benzene rings is 3. The molecule has 3 aromatic carbocycles. The van der Waals surface area contributed by atoms with E-state index in [0.29, 0.717) is 53.6 Å². The summed E-state index contributed by atoms with van der Waals surface area (Å²) in [5, 5.41) is 0. The molecule has 40 heavy (non-hydrogen) atoms. The molecule has 6 rings (SSSR count). The summed E-state index contributed by atoms with van der Waals surface area (Å²) in [6.07, 6.45) is 0. The van der Waals surface area contributed by atoms with Crippen molar-refractivity contribution in [2.75, 3.05) is 27.4 Å². The predicted octanol–water partition coefficient (Wildman–Crippen LogP) is 5.71. The second kappa shape index (κ2) is 11.5. The van der Waals surface area contributed by atoms with Gasteiger partial charge in [-0.15, -0.1) is 0 Å². The lowest BCUT2D eigenvalue weighted by Gasteiger charge is -2.12. The summed E-state index contributed by atoms with van der Waals surface area (Å²) in [6.45, 7) is 1.17. The van der Waals surface area contributed by atoms with Crippen molar-refractivity contribution in [2.45, 2.75) is 18.7 Å². The summed E-state index contributed by atoms with van der Waals surface area (Å²) in [5.41, 5.74) is 4.19. The van der Waals surface area contributed by atoms with Gasteiger partial charge in [0.1, 0.15) is 60.5 Å². The molecule has 4 aromatic rings. The Bertz CT molecular complexity index is 1430. The SMILES string of the molecule is COc1cc(COc2cc(C3=N[C@@H](c4ccccc4)CO3)nc(C3=N[C@@H](c4ccccc4)CO3)c2)cc(OC)c1. The highest BCUT2D eigenvalue weighted by atomic mass is 16.5. The van der Waals surface area contributed by atoms with E-state index in [2.05, 4.69) is 0 Å². The molecule has 0 saturated carbocycles. The zero-order chi connectivity index (χ0) is 27.3. The first kappa shape index (κ1) is 25.4. The van der Waals surface area contributed by atoms with Crippen molar-refractivity contribution in [3.8, 4) is 17.2 Å². The smallest absolute Gasteiger partial charge is 0.236 e. The minimum Gasteiger partial charge on any atom is -0.497 e. The summed E-state index contributed by atoms with van der Waals surface area (Å²) in [5.74, 6) is 2.89. The molecule has 2 atom stereocenters. The molecule has 0 amide bonds. The molecular formula is C32H29N3O5. The summed E-state index contributed by atoms with van der Waals surface area (Å²) in [6, 6.07) is 29.3. The highest BCUT2D eigenvalue weighted by molar-refractivity contribution is 5.98. The Balaban J connectivity index is 1.32. The normalized spacial score (nSPS) is 17.9. The molecule has 0 radical (unpaired) electrons. The van der Waals surface area contributed by atoms with Crippen LogP contribution in [0.1, 0.15) is 40.2 Å². The Morgan fingerprint density at radius 2 is 1.15 bits per heavy atom. The van der Waals surface area contributed by atoms with E-state index < -0.39 is 0 Å². The van der Waals surface area contributed by atoms with Crippen molar-refractivity contribution in [3.05, 3.63) is 119 Å². The van der Waals surface area contributed by atoms with Crippen LogP contribution in [-0.4, -0.2) is 44.2 Å². The lowest BCUT2D eigenvalue weighted by Crippen LogP contribution is -2.11. The fourth-order valence-corrected chi connectivity index (χ4v) is 4.64. The molecule has 2 aliphatic rings. The predicted molar refractivity (Wildman–Crippen MR) is 151 cm³/mol. The van der Waals surface area contributed by atoms with E-state index in [1.807, 2.05) is 91.0 Å². The average molecular weight is 536 g/mol. The summed E-state index contributed by atoms with van der Waals surface area (Å²) >= 11 is 0. The van der Waals surface area contributed by atoms with Crippen LogP contribution in [0.5, 0.6) is 17.2 Å². The third-order valence-corrected chi connectivity index (χ3v) is 6.72. The summed E-state index contributed by atoms with van der Waals surface area (Å²) < 4.78 is 29.1. The topological polar surface area (TPSA) is 83.8 Å². The first-order valence-electron chi connectivity index (χ1n) is 13.1. The molecule has 3 heterocycles. The molecule has 1 aromatic heterocycles. The monoisotopic (exact) mass is 535 g/mol. The zero-order valence-corrected chi connectivity index (χ0v) is 22.3. The molecule has 8 heteroatoms. The minimum absolute atomic E-state index is 0.0993. The highest BCUT2D eigenvalue weighted by Gasteiger charge is 2.27. The number of aliphatic imine (C=N–C) groups is 2. The first-order chi connectivity index (χ1) is 19.7. The summed E-state index contributed by atoms with van der Waals surface area (Å²) in [7, 11) is 3.24. The van der Waals surface area contributed by atoms with Gasteiger partial charge in [-0.05, 0) is 28.8 Å². The van der Waals surface area contributed by atoms with Gasteiger partial charge in [0, 0.05) is 18.2 Å². The van der Waals surface area contributed by atoms with Gasteiger partial charge in [-0.2, -0.15) is 0 Å². The lowest BCUT2D eigenvalue weighted by atomic mass is 10.1. The van der Waals surface area contributed by atoms with Crippen molar-refractivity contribution >= 4 is 11.8 Å². The van der Waals surface area contributed by atoms with E-state index in [9.17, 15) is 0 Å². The molecule has 0 bridgehead atoms. The first-order valence-corrected chi connectivity index (χ1v) is 13.1. The standard InChI is InChI=1S/C32H29N3O5/c1-36-24-13-21(14-25(15-24)37-2)18-38-26-16-27(31-34-29(19-39-31)22-9-5-3-6-10-22)33-28(17-26)32-35-30(20-40-32)23-11-7-4-8-12-23/h3-17,29-30H,18-20H2,1-2H3/t29-,30-/m1/s1. The van der Waals surface area contributed by atoms with Gasteiger partial charge in [0.05, 0.1) is 14.2 Å². The van der Waals surface area contributed by atoms with Gasteiger partial charge >= 0.3 is 0 Å². The van der Waals surface area contributed by atoms with E-state index in [4.69, 9.17) is 38.7 Å². The Kier molecular flexibility index (Phi) is 7.30. The second-order valence-electron chi connectivity index (χ2n) is 9.43. The maximum Gasteiger partial charge on any atom is 0.236 e. The zero-order valence-electron chi connectivity index (χ0n) is 22.3. The highest BCUT2D eigenvalue weighted by Crippen LogP contribution is 2.29. The molecule has 0 unspecified atom stereocenters. The number of methoxy groups -OCH3 is 2. The number of nitrogens with zero attached hydrogens (tertiary/aromatic N) is 3. The van der Waals surface area contributed by atoms with Gasteiger partial charge in [0.25, 0.3) is 0 Å². The second-order valence-corrected chi connectivity index (χ2v) is 9.43. The van der Waals surface area contributed by atoms with Crippen molar-refractivity contribution in [3.63, 3.8) is 0 Å². The maximum absolute atomic E-state index is 6.24. The Hall–Kier alpha value is -4.85. The number of aromatic nitrogens is 1. The van der Waals surface area contributed by atoms with Crippen molar-refractivity contribution in [2.24, 2.45) is 9.98 Å². The average Bonchev–Trinajstić information content (AvgIpc) is 3.72. The molecular weight excluding hydrogens is 506 g/mol. The maximum atomic E-state index is 6.24. The molecule has 0 aliphatic carbocycles. The van der Waals surface area contributed by atoms with Gasteiger partial charge in [-0.1, -0.05) is 60.7 Å². The molecule has 0 fully saturated rings. The Morgan fingerprint density at radius 3 is 1.62 bits per heavy atom. The third-order valence-electron chi connectivity index (χ3n) is 6.72. The third kappa shape index (κ3) is 5.61. The van der Waals surface area contributed by atoms with E-state index in [1.165, 1.54) is 0 Å². The van der Waals surface area contributed by atoms with Crippen LogP contribution in [0.4, 0.5) is 0 Å². The lowest BCUT2D eigenvalue weighted by molar-refractivity contribution is 0.301. The van der Waals surface area contributed by atoms with Crippen LogP contribution in [0.3, 0.4) is 0 Å². The molecule has 8 nitrogen and oxygen atoms in total. The quantitative estimate of drug-likeness (QED) is 0.273. The fraction of sp³-hybridized carbons (Fsp3) is 0.219. The van der Waals surface area contributed by atoms with Crippen LogP contribution < -0.4 is 14.2 Å². The largest absolute Gasteiger partial charge is 0.497 e. The van der Waals surface area contributed by atoms with Gasteiger partial charge in [-0.25, -0.2) is 15.0 Å². The Labute approximate surface area is 232 Å². The van der Waals surface area contributed by atoms with E-state index in [1.54, 1.807) is 14.2 Å². The number of hydrogen-bond acceptors (Lipinski definition) is 8. The molecule has 0 saturated heterocycles. The van der Waals surface area contributed by atoms with Crippen LogP contribution in [0.15, 0.2) is 101 Å². The molecule has 0 N–H and O–H groups in total. The van der Waals surface area contributed by atoms with Crippen LogP contribution in [0.25, 0.3) is 0 Å². The van der Waals surface area contributed by atoms with E-state index >= 15 is 0 Å². The molecule has 2 aliphatic heterocycles. The Morgan fingerprint density at radius 1 is 0.650 bits per heavy atom. The van der Waals surface area contributed by atoms with Gasteiger partial charge in [-0.3, -0.25) is 0 Å². The number of pyridine rings is 1. The number of ether oxygens (including phenoxy) is 5. The number of hydrogen-bond donors (Lipinski definition) is 0. The van der Waals surface area contributed by atoms with Crippen molar-refractivity contribution in [1.29, 1.82) is 0 Å². The van der Waals surface area contributed by atoms with Crippen molar-refractivity contribution in [1.82, 2.24) is 4.98 Å².